The summed E-state index contributed by atoms with van der Waals surface area (Å²) in [7, 11) is 3.76. The van der Waals surface area contributed by atoms with Gasteiger partial charge >= 0.3 is 0 Å². The molecule has 1 amide bonds. The van der Waals surface area contributed by atoms with Gasteiger partial charge in [0.25, 0.3) is 0 Å². The predicted molar refractivity (Wildman–Crippen MR) is 93.6 cm³/mol. The van der Waals surface area contributed by atoms with E-state index in [0.717, 1.165) is 43.7 Å². The molecule has 2 atom stereocenters. The van der Waals surface area contributed by atoms with Crippen LogP contribution in [0.25, 0.3) is 0 Å². The van der Waals surface area contributed by atoms with E-state index < -0.39 is 0 Å². The highest BCUT2D eigenvalue weighted by atomic mass is 16.5. The van der Waals surface area contributed by atoms with Gasteiger partial charge in [0.1, 0.15) is 5.75 Å². The highest BCUT2D eigenvalue weighted by Gasteiger charge is 2.26. The summed E-state index contributed by atoms with van der Waals surface area (Å²) in [5.41, 5.74) is 1.15. The van der Waals surface area contributed by atoms with Crippen LogP contribution in [0, 0.1) is 11.8 Å². The van der Waals surface area contributed by atoms with Crippen molar-refractivity contribution >= 4 is 5.91 Å². The standard InChI is InChI=1S/C19H30N2O2/c1-14(2)12-18(15-7-9-17(23-4)10-8-15)20-19(22)16-6-5-11-21(3)13-16/h7-10,14,16,18H,5-6,11-13H2,1-4H3,(H,20,22)/t16-,18-/m1/s1. The number of carbonyl (C=O) groups excluding carboxylic acids is 1. The van der Waals surface area contributed by atoms with Gasteiger partial charge in [-0.15, -0.1) is 0 Å². The molecule has 1 N–H and O–H groups in total. The Balaban J connectivity index is 2.06. The zero-order valence-corrected chi connectivity index (χ0v) is 14.8. The summed E-state index contributed by atoms with van der Waals surface area (Å²) < 4.78 is 5.23. The second-order valence-corrected chi connectivity index (χ2v) is 7.07. The Morgan fingerprint density at radius 3 is 2.61 bits per heavy atom. The summed E-state index contributed by atoms with van der Waals surface area (Å²) in [6, 6.07) is 8.10. The van der Waals surface area contributed by atoms with Crippen molar-refractivity contribution in [2.24, 2.45) is 11.8 Å². The lowest BCUT2D eigenvalue weighted by Crippen LogP contribution is -2.42. The Hall–Kier alpha value is -1.55. The van der Waals surface area contributed by atoms with E-state index in [1.165, 1.54) is 0 Å². The van der Waals surface area contributed by atoms with Gasteiger partial charge in [0.2, 0.25) is 5.91 Å². The summed E-state index contributed by atoms with van der Waals surface area (Å²) in [5, 5.41) is 3.29. The molecule has 1 aliphatic heterocycles. The fourth-order valence-electron chi connectivity index (χ4n) is 3.26. The molecule has 128 valence electrons. The average molecular weight is 318 g/mol. The number of methoxy groups -OCH3 is 1. The second kappa shape index (κ2) is 8.34. The maximum Gasteiger partial charge on any atom is 0.224 e. The van der Waals surface area contributed by atoms with E-state index in [2.05, 4.69) is 43.2 Å². The first-order valence-corrected chi connectivity index (χ1v) is 8.62. The quantitative estimate of drug-likeness (QED) is 0.875. The summed E-state index contributed by atoms with van der Waals surface area (Å²) >= 11 is 0. The largest absolute Gasteiger partial charge is 0.497 e. The van der Waals surface area contributed by atoms with Gasteiger partial charge < -0.3 is 15.0 Å². The summed E-state index contributed by atoms with van der Waals surface area (Å²) in [6.45, 7) is 6.34. The Morgan fingerprint density at radius 2 is 2.04 bits per heavy atom. The third-order valence-electron chi connectivity index (χ3n) is 4.54. The lowest BCUT2D eigenvalue weighted by molar-refractivity contribution is -0.127. The topological polar surface area (TPSA) is 41.6 Å². The maximum atomic E-state index is 12.7. The molecule has 4 nitrogen and oxygen atoms in total. The van der Waals surface area contributed by atoms with E-state index in [-0.39, 0.29) is 17.9 Å². The molecule has 1 heterocycles. The highest BCUT2D eigenvalue weighted by Crippen LogP contribution is 2.25. The number of nitrogens with zero attached hydrogens (tertiary/aromatic N) is 1. The average Bonchev–Trinajstić information content (AvgIpc) is 2.54. The zero-order valence-electron chi connectivity index (χ0n) is 14.8. The van der Waals surface area contributed by atoms with Gasteiger partial charge in [0, 0.05) is 6.54 Å². The fraction of sp³-hybridized carbons (Fsp3) is 0.632. The van der Waals surface area contributed by atoms with Gasteiger partial charge in [0.05, 0.1) is 19.1 Å². The second-order valence-electron chi connectivity index (χ2n) is 7.07. The molecule has 0 radical (unpaired) electrons. The Kier molecular flexibility index (Phi) is 6.46. The third kappa shape index (κ3) is 5.24. The minimum absolute atomic E-state index is 0.0700. The van der Waals surface area contributed by atoms with Crippen molar-refractivity contribution in [3.8, 4) is 5.75 Å². The molecule has 0 spiro atoms. The first kappa shape index (κ1) is 17.8. The van der Waals surface area contributed by atoms with Crippen LogP contribution in [0.15, 0.2) is 24.3 Å². The van der Waals surface area contributed by atoms with Crippen LogP contribution < -0.4 is 10.1 Å². The van der Waals surface area contributed by atoms with E-state index in [0.29, 0.717) is 5.92 Å². The number of rotatable bonds is 6. The van der Waals surface area contributed by atoms with E-state index in [1.54, 1.807) is 7.11 Å². The number of nitrogens with one attached hydrogen (secondary N) is 1. The number of carbonyl (C=O) groups is 1. The van der Waals surface area contributed by atoms with Crippen LogP contribution in [0.4, 0.5) is 0 Å². The summed E-state index contributed by atoms with van der Waals surface area (Å²) in [5.74, 6) is 1.67. The zero-order chi connectivity index (χ0) is 16.8. The molecule has 1 fully saturated rings. The smallest absolute Gasteiger partial charge is 0.224 e. The molecule has 0 unspecified atom stereocenters. The van der Waals surface area contributed by atoms with Crippen molar-refractivity contribution in [1.82, 2.24) is 10.2 Å². The van der Waals surface area contributed by atoms with Gasteiger partial charge in [-0.3, -0.25) is 4.79 Å². The van der Waals surface area contributed by atoms with Crippen LogP contribution in [0.2, 0.25) is 0 Å². The molecule has 4 heteroatoms. The number of piperidine rings is 1. The lowest BCUT2D eigenvalue weighted by atomic mass is 9.94. The normalized spacial score (nSPS) is 20.3. The molecule has 1 aromatic rings. The van der Waals surface area contributed by atoms with Crippen LogP contribution in [0.1, 0.15) is 44.7 Å². The van der Waals surface area contributed by atoms with Gasteiger partial charge in [-0.25, -0.2) is 0 Å². The molecule has 0 aliphatic carbocycles. The van der Waals surface area contributed by atoms with Crippen molar-refractivity contribution in [3.05, 3.63) is 29.8 Å². The van der Waals surface area contributed by atoms with Gasteiger partial charge in [-0.05, 0) is 56.5 Å². The molecule has 0 bridgehead atoms. The van der Waals surface area contributed by atoms with Crippen LogP contribution >= 0.6 is 0 Å². The molecule has 0 saturated carbocycles. The molecule has 0 aromatic heterocycles. The van der Waals surface area contributed by atoms with Crippen molar-refractivity contribution in [1.29, 1.82) is 0 Å². The minimum atomic E-state index is 0.0700. The van der Waals surface area contributed by atoms with Crippen molar-refractivity contribution in [2.75, 3.05) is 27.2 Å². The number of ether oxygens (including phenoxy) is 1. The monoisotopic (exact) mass is 318 g/mol. The summed E-state index contributed by atoms with van der Waals surface area (Å²) in [6.07, 6.45) is 3.04. The van der Waals surface area contributed by atoms with E-state index in [1.807, 2.05) is 12.1 Å². The number of amides is 1. The Labute approximate surface area is 140 Å². The van der Waals surface area contributed by atoms with Crippen molar-refractivity contribution in [2.45, 2.75) is 39.2 Å². The molecule has 1 aliphatic rings. The predicted octanol–water partition coefficient (Wildman–Crippen LogP) is 3.24. The van der Waals surface area contributed by atoms with Gasteiger partial charge in [-0.1, -0.05) is 26.0 Å². The fourth-order valence-corrected chi connectivity index (χ4v) is 3.26. The first-order chi connectivity index (χ1) is 11.0. The molecular weight excluding hydrogens is 288 g/mol. The van der Waals surface area contributed by atoms with E-state index >= 15 is 0 Å². The minimum Gasteiger partial charge on any atom is -0.497 e. The van der Waals surface area contributed by atoms with Gasteiger partial charge in [-0.2, -0.15) is 0 Å². The van der Waals surface area contributed by atoms with Crippen LogP contribution in [-0.2, 0) is 4.79 Å². The molecule has 1 aromatic carbocycles. The molecule has 1 saturated heterocycles. The highest BCUT2D eigenvalue weighted by molar-refractivity contribution is 5.79. The van der Waals surface area contributed by atoms with Gasteiger partial charge in [0.15, 0.2) is 0 Å². The summed E-state index contributed by atoms with van der Waals surface area (Å²) in [4.78, 5) is 14.9. The third-order valence-corrected chi connectivity index (χ3v) is 4.54. The van der Waals surface area contributed by atoms with E-state index in [4.69, 9.17) is 4.74 Å². The van der Waals surface area contributed by atoms with Crippen molar-refractivity contribution < 1.29 is 9.53 Å². The number of hydrogen-bond acceptors (Lipinski definition) is 3. The number of benzene rings is 1. The van der Waals surface area contributed by atoms with Crippen LogP contribution in [-0.4, -0.2) is 38.1 Å². The van der Waals surface area contributed by atoms with Crippen LogP contribution in [0.3, 0.4) is 0 Å². The van der Waals surface area contributed by atoms with Crippen molar-refractivity contribution in [3.63, 3.8) is 0 Å². The molecule has 23 heavy (non-hydrogen) atoms. The molecule has 2 rings (SSSR count). The maximum absolute atomic E-state index is 12.7. The first-order valence-electron chi connectivity index (χ1n) is 8.62. The Morgan fingerprint density at radius 1 is 1.35 bits per heavy atom. The number of hydrogen-bond donors (Lipinski definition) is 1. The lowest BCUT2D eigenvalue weighted by Gasteiger charge is -2.30. The van der Waals surface area contributed by atoms with Crippen LogP contribution in [0.5, 0.6) is 5.75 Å². The number of likely N-dealkylation sites (tertiary alicyclic amines) is 1. The Bertz CT molecular complexity index is 499. The van der Waals surface area contributed by atoms with E-state index in [9.17, 15) is 4.79 Å². The SMILES string of the molecule is COc1ccc([C@@H](CC(C)C)NC(=O)[C@@H]2CCCN(C)C2)cc1. The molecular formula is C19H30N2O2.